The summed E-state index contributed by atoms with van der Waals surface area (Å²) in [5.74, 6) is 0.477. The number of hydrogen-bond donors (Lipinski definition) is 0. The molecule has 0 atom stereocenters. The molecule has 0 spiro atoms. The molecule has 0 bridgehead atoms. The molecule has 0 N–H and O–H groups in total. The smallest absolute Gasteiger partial charge is 0.174 e. The number of carbonyl (C=O) groups is 1. The predicted octanol–water partition coefficient (Wildman–Crippen LogP) is 4.95. The zero-order valence-electron chi connectivity index (χ0n) is 10.4. The maximum atomic E-state index is 11.8. The highest BCUT2D eigenvalue weighted by Gasteiger charge is 2.07. The largest absolute Gasteiger partial charge is 0.484 e. The van der Waals surface area contributed by atoms with Gasteiger partial charge in [-0.2, -0.15) is 0 Å². The second-order valence-corrected chi connectivity index (χ2v) is 5.96. The van der Waals surface area contributed by atoms with Crippen LogP contribution in [0.4, 0.5) is 0 Å². The van der Waals surface area contributed by atoms with Crippen LogP contribution in [0.2, 0.25) is 10.0 Å². The van der Waals surface area contributed by atoms with E-state index >= 15 is 0 Å². The highest BCUT2D eigenvalue weighted by molar-refractivity contribution is 9.10. The van der Waals surface area contributed by atoms with Gasteiger partial charge in [0.05, 0.1) is 5.02 Å². The molecule has 0 aliphatic heterocycles. The highest BCUT2D eigenvalue weighted by Crippen LogP contribution is 2.27. The van der Waals surface area contributed by atoms with Crippen LogP contribution < -0.4 is 4.74 Å². The number of hydrogen-bond acceptors (Lipinski definition) is 2. The van der Waals surface area contributed by atoms with Crippen LogP contribution in [0.5, 0.6) is 5.75 Å². The number of halogens is 3. The molecule has 104 valence electrons. The van der Waals surface area contributed by atoms with Crippen LogP contribution in [-0.2, 0) is 11.2 Å². The standard InChI is InChI=1S/C15H11BrCl2O2/c16-11-3-6-15(14(18)8-11)20-9-13(19)7-10-1-4-12(17)5-2-10/h1-6,8H,7,9H2. The third-order valence-corrected chi connectivity index (χ3v) is 3.64. The molecule has 2 nitrogen and oxygen atoms in total. The van der Waals surface area contributed by atoms with Gasteiger partial charge in [0, 0.05) is 15.9 Å². The van der Waals surface area contributed by atoms with Gasteiger partial charge < -0.3 is 4.74 Å². The van der Waals surface area contributed by atoms with Crippen LogP contribution in [0, 0.1) is 0 Å². The number of carbonyl (C=O) groups excluding carboxylic acids is 1. The molecule has 0 heterocycles. The Bertz CT molecular complexity index is 612. The molecule has 0 unspecified atom stereocenters. The minimum atomic E-state index is -0.0219. The summed E-state index contributed by atoms with van der Waals surface area (Å²) in [6.45, 7) is -0.00994. The van der Waals surface area contributed by atoms with E-state index in [1.165, 1.54) is 0 Å². The molecule has 20 heavy (non-hydrogen) atoms. The molecule has 2 rings (SSSR count). The summed E-state index contributed by atoms with van der Waals surface area (Å²) < 4.78 is 6.28. The van der Waals surface area contributed by atoms with E-state index < -0.39 is 0 Å². The molecule has 0 amide bonds. The van der Waals surface area contributed by atoms with E-state index in [-0.39, 0.29) is 12.4 Å². The van der Waals surface area contributed by atoms with Gasteiger partial charge in [-0.05, 0) is 35.9 Å². The van der Waals surface area contributed by atoms with Crippen molar-refractivity contribution < 1.29 is 9.53 Å². The first-order chi connectivity index (χ1) is 9.54. The molecule has 2 aromatic rings. The van der Waals surface area contributed by atoms with Crippen molar-refractivity contribution in [3.8, 4) is 5.75 Å². The fourth-order valence-corrected chi connectivity index (χ4v) is 2.49. The number of ether oxygens (including phenoxy) is 1. The lowest BCUT2D eigenvalue weighted by Gasteiger charge is -2.07. The summed E-state index contributed by atoms with van der Waals surface area (Å²) in [6.07, 6.45) is 0.311. The quantitative estimate of drug-likeness (QED) is 0.741. The van der Waals surface area contributed by atoms with Crippen molar-refractivity contribution in [2.75, 3.05) is 6.61 Å². The maximum Gasteiger partial charge on any atom is 0.174 e. The van der Waals surface area contributed by atoms with Crippen molar-refractivity contribution in [2.24, 2.45) is 0 Å². The van der Waals surface area contributed by atoms with E-state index in [0.29, 0.717) is 22.2 Å². The molecule has 0 aliphatic rings. The van der Waals surface area contributed by atoms with Crippen LogP contribution in [0.1, 0.15) is 5.56 Å². The molecule has 0 aromatic heterocycles. The lowest BCUT2D eigenvalue weighted by Crippen LogP contribution is -2.13. The van der Waals surface area contributed by atoms with Crippen LogP contribution in [0.3, 0.4) is 0 Å². The second-order valence-electron chi connectivity index (χ2n) is 4.21. The van der Waals surface area contributed by atoms with Crippen molar-refractivity contribution >= 4 is 44.9 Å². The normalized spacial score (nSPS) is 10.3. The Hall–Kier alpha value is -1.03. The molecule has 0 fully saturated rings. The van der Waals surface area contributed by atoms with Crippen LogP contribution in [0.25, 0.3) is 0 Å². The maximum absolute atomic E-state index is 11.8. The van der Waals surface area contributed by atoms with E-state index in [1.54, 1.807) is 24.3 Å². The zero-order chi connectivity index (χ0) is 14.5. The summed E-state index contributed by atoms with van der Waals surface area (Å²) in [7, 11) is 0. The number of benzene rings is 2. The fourth-order valence-electron chi connectivity index (χ4n) is 1.63. The number of rotatable bonds is 5. The van der Waals surface area contributed by atoms with Crippen molar-refractivity contribution in [2.45, 2.75) is 6.42 Å². The average molecular weight is 374 g/mol. The summed E-state index contributed by atoms with van der Waals surface area (Å²) in [4.78, 5) is 11.8. The zero-order valence-corrected chi connectivity index (χ0v) is 13.5. The van der Waals surface area contributed by atoms with E-state index in [2.05, 4.69) is 15.9 Å². The Morgan fingerprint density at radius 1 is 1.10 bits per heavy atom. The highest BCUT2D eigenvalue weighted by atomic mass is 79.9. The number of ketones is 1. The fraction of sp³-hybridized carbons (Fsp3) is 0.133. The predicted molar refractivity (Wildman–Crippen MR) is 84.8 cm³/mol. The molecular formula is C15H11BrCl2O2. The first kappa shape index (κ1) is 15.4. The van der Waals surface area contributed by atoms with Gasteiger partial charge in [-0.25, -0.2) is 0 Å². The summed E-state index contributed by atoms with van der Waals surface area (Å²) in [5, 5.41) is 1.12. The van der Waals surface area contributed by atoms with Gasteiger partial charge in [0.15, 0.2) is 5.78 Å². The monoisotopic (exact) mass is 372 g/mol. The van der Waals surface area contributed by atoms with Gasteiger partial charge in [-0.1, -0.05) is 51.3 Å². The molecule has 2 aromatic carbocycles. The van der Waals surface area contributed by atoms with Gasteiger partial charge in [0.1, 0.15) is 12.4 Å². The van der Waals surface area contributed by atoms with Gasteiger partial charge in [-0.3, -0.25) is 4.79 Å². The third-order valence-electron chi connectivity index (χ3n) is 2.60. The minimum Gasteiger partial charge on any atom is -0.484 e. The molecule has 0 radical (unpaired) electrons. The van der Waals surface area contributed by atoms with Crippen LogP contribution >= 0.6 is 39.1 Å². The Morgan fingerprint density at radius 2 is 1.80 bits per heavy atom. The lowest BCUT2D eigenvalue weighted by atomic mass is 10.1. The first-order valence-electron chi connectivity index (χ1n) is 5.88. The van der Waals surface area contributed by atoms with E-state index in [9.17, 15) is 4.79 Å². The molecule has 0 saturated carbocycles. The van der Waals surface area contributed by atoms with Crippen LogP contribution in [-0.4, -0.2) is 12.4 Å². The second kappa shape index (κ2) is 7.11. The molecular weight excluding hydrogens is 363 g/mol. The number of Topliss-reactive ketones (excluding diaryl/α,β-unsaturated/α-hetero) is 1. The van der Waals surface area contributed by atoms with E-state index in [0.717, 1.165) is 10.0 Å². The summed E-state index contributed by atoms with van der Waals surface area (Å²) in [5.41, 5.74) is 0.907. The minimum absolute atomic E-state index is 0.00994. The van der Waals surface area contributed by atoms with Crippen LogP contribution in [0.15, 0.2) is 46.9 Å². The summed E-state index contributed by atoms with van der Waals surface area (Å²) in [6, 6.07) is 12.4. The lowest BCUT2D eigenvalue weighted by molar-refractivity contribution is -0.120. The topological polar surface area (TPSA) is 26.3 Å². The molecule has 0 aliphatic carbocycles. The van der Waals surface area contributed by atoms with Gasteiger partial charge in [0.25, 0.3) is 0 Å². The van der Waals surface area contributed by atoms with Gasteiger partial charge >= 0.3 is 0 Å². The van der Waals surface area contributed by atoms with E-state index in [4.69, 9.17) is 27.9 Å². The molecule has 0 saturated heterocycles. The SMILES string of the molecule is O=C(COc1ccc(Br)cc1Cl)Cc1ccc(Cl)cc1. The van der Waals surface area contributed by atoms with Crippen molar-refractivity contribution in [1.82, 2.24) is 0 Å². The Kier molecular flexibility index (Phi) is 5.46. The third kappa shape index (κ3) is 4.51. The Labute approximate surface area is 135 Å². The van der Waals surface area contributed by atoms with Crippen molar-refractivity contribution in [3.05, 3.63) is 62.5 Å². The van der Waals surface area contributed by atoms with Crippen molar-refractivity contribution in [3.63, 3.8) is 0 Å². The van der Waals surface area contributed by atoms with Gasteiger partial charge in [-0.15, -0.1) is 0 Å². The Morgan fingerprint density at radius 3 is 2.45 bits per heavy atom. The molecule has 5 heteroatoms. The Balaban J connectivity index is 1.90. The first-order valence-corrected chi connectivity index (χ1v) is 7.43. The summed E-state index contributed by atoms with van der Waals surface area (Å²) >= 11 is 15.1. The van der Waals surface area contributed by atoms with E-state index in [1.807, 2.05) is 18.2 Å². The average Bonchev–Trinajstić information content (AvgIpc) is 2.40. The van der Waals surface area contributed by atoms with Gasteiger partial charge in [0.2, 0.25) is 0 Å². The van der Waals surface area contributed by atoms with Crippen molar-refractivity contribution in [1.29, 1.82) is 0 Å².